The van der Waals surface area contributed by atoms with Crippen LogP contribution in [0.15, 0.2) is 41.3 Å². The number of nitrogens with one attached hydrogen (secondary N) is 1. The van der Waals surface area contributed by atoms with Crippen LogP contribution >= 0.6 is 23.4 Å². The second kappa shape index (κ2) is 8.91. The van der Waals surface area contributed by atoms with Gasteiger partial charge in [0.25, 0.3) is 11.1 Å². The maximum absolute atomic E-state index is 12.8. The summed E-state index contributed by atoms with van der Waals surface area (Å²) in [6.07, 6.45) is 1.55. The maximum Gasteiger partial charge on any atom is 0.294 e. The number of nitrogens with zero attached hydrogens (tertiary/aromatic N) is 1. The van der Waals surface area contributed by atoms with E-state index < -0.39 is 23.6 Å². The molecular formula is C21H17ClN2O6S. The molecule has 0 unspecified atom stereocenters. The first-order valence-corrected chi connectivity index (χ1v) is 10.5. The van der Waals surface area contributed by atoms with Gasteiger partial charge in [-0.3, -0.25) is 19.3 Å². The van der Waals surface area contributed by atoms with Gasteiger partial charge in [0.1, 0.15) is 12.3 Å². The van der Waals surface area contributed by atoms with Crippen molar-refractivity contribution < 1.29 is 28.6 Å². The summed E-state index contributed by atoms with van der Waals surface area (Å²) in [4.78, 5) is 38.6. The van der Waals surface area contributed by atoms with Crippen molar-refractivity contribution in [1.29, 1.82) is 0 Å². The van der Waals surface area contributed by atoms with Crippen LogP contribution in [0.25, 0.3) is 6.08 Å². The average molecular weight is 461 g/mol. The number of carbonyl (C=O) groups is 3. The number of carbonyl (C=O) groups excluding carboxylic acids is 3. The molecule has 1 fully saturated rings. The average Bonchev–Trinajstić information content (AvgIpc) is 3.28. The van der Waals surface area contributed by atoms with Crippen LogP contribution in [0, 0.1) is 0 Å². The second-order valence-corrected chi connectivity index (χ2v) is 7.93. The topological polar surface area (TPSA) is 94.2 Å². The Morgan fingerprint density at radius 2 is 2.03 bits per heavy atom. The number of imide groups is 1. The fraction of sp³-hybridized carbons (Fsp3) is 0.190. The minimum atomic E-state index is -0.559. The number of benzene rings is 2. The smallest absolute Gasteiger partial charge is 0.294 e. The van der Waals surface area contributed by atoms with Crippen LogP contribution < -0.4 is 19.5 Å². The maximum atomic E-state index is 12.8. The Hall–Kier alpha value is -3.17. The molecule has 0 spiro atoms. The molecule has 10 heteroatoms. The van der Waals surface area contributed by atoms with Gasteiger partial charge in [0.05, 0.1) is 11.5 Å². The Kier molecular flexibility index (Phi) is 6.06. The number of amides is 3. The van der Waals surface area contributed by atoms with Crippen LogP contribution in [0.2, 0.25) is 5.02 Å². The normalized spacial score (nSPS) is 16.2. The lowest BCUT2D eigenvalue weighted by atomic mass is 10.1. The van der Waals surface area contributed by atoms with Gasteiger partial charge in [-0.25, -0.2) is 0 Å². The summed E-state index contributed by atoms with van der Waals surface area (Å²) in [6.45, 7) is 1.93. The predicted molar refractivity (Wildman–Crippen MR) is 116 cm³/mol. The molecule has 0 saturated carbocycles. The van der Waals surface area contributed by atoms with Crippen molar-refractivity contribution in [3.8, 4) is 17.2 Å². The Morgan fingerprint density at radius 1 is 1.26 bits per heavy atom. The fourth-order valence-corrected chi connectivity index (χ4v) is 4.04. The van der Waals surface area contributed by atoms with E-state index in [0.29, 0.717) is 40.1 Å². The largest absolute Gasteiger partial charge is 0.493 e. The van der Waals surface area contributed by atoms with Gasteiger partial charge in [-0.15, -0.1) is 0 Å². The summed E-state index contributed by atoms with van der Waals surface area (Å²) in [7, 11) is 0. The van der Waals surface area contributed by atoms with Crippen molar-refractivity contribution in [1.82, 2.24) is 4.90 Å². The molecule has 2 heterocycles. The molecule has 0 aliphatic carbocycles. The molecule has 4 rings (SSSR count). The van der Waals surface area contributed by atoms with Gasteiger partial charge in [0.15, 0.2) is 11.5 Å². The first-order chi connectivity index (χ1) is 14.9. The highest BCUT2D eigenvalue weighted by Crippen LogP contribution is 2.41. The quantitative estimate of drug-likeness (QED) is 0.647. The predicted octanol–water partition coefficient (Wildman–Crippen LogP) is 4.14. The fourth-order valence-electron chi connectivity index (χ4n) is 3.02. The highest BCUT2D eigenvalue weighted by Gasteiger charge is 2.36. The first kappa shape index (κ1) is 21.1. The lowest BCUT2D eigenvalue weighted by Crippen LogP contribution is -2.36. The van der Waals surface area contributed by atoms with Crippen LogP contribution in [-0.2, 0) is 9.59 Å². The van der Waals surface area contributed by atoms with E-state index in [-0.39, 0.29) is 11.7 Å². The summed E-state index contributed by atoms with van der Waals surface area (Å²) >= 11 is 6.66. The molecule has 3 amide bonds. The molecule has 2 aromatic carbocycles. The number of fused-ring (bicyclic) bond motifs is 1. The number of ether oxygens (including phenoxy) is 3. The van der Waals surface area contributed by atoms with E-state index >= 15 is 0 Å². The van der Waals surface area contributed by atoms with Gasteiger partial charge in [-0.1, -0.05) is 17.7 Å². The minimum absolute atomic E-state index is 0.0998. The lowest BCUT2D eigenvalue weighted by molar-refractivity contribution is -0.127. The molecule has 0 bridgehead atoms. The van der Waals surface area contributed by atoms with E-state index in [2.05, 4.69) is 5.32 Å². The van der Waals surface area contributed by atoms with E-state index in [0.717, 1.165) is 16.7 Å². The van der Waals surface area contributed by atoms with E-state index in [1.807, 2.05) is 6.92 Å². The van der Waals surface area contributed by atoms with Crippen molar-refractivity contribution in [3.63, 3.8) is 0 Å². The molecule has 0 aromatic heterocycles. The van der Waals surface area contributed by atoms with Crippen molar-refractivity contribution in [2.24, 2.45) is 0 Å². The third-order valence-corrected chi connectivity index (χ3v) is 5.52. The molecule has 0 radical (unpaired) electrons. The zero-order valence-electron chi connectivity index (χ0n) is 16.3. The Balaban J connectivity index is 1.52. The zero-order chi connectivity index (χ0) is 22.0. The molecule has 2 aromatic rings. The molecule has 8 nitrogen and oxygen atoms in total. The molecule has 2 aliphatic rings. The standard InChI is InChI=1S/C21H17ClN2O6S/c1-2-28-15-9-17-16(29-11-30-17)6-12(15)7-18-20(26)24(21(27)31-18)10-19(25)23-14-5-3-4-13(22)8-14/h3-9H,2,10-11H2,1H3,(H,23,25)/b18-7+. The lowest BCUT2D eigenvalue weighted by Gasteiger charge is -2.12. The summed E-state index contributed by atoms with van der Waals surface area (Å²) in [6, 6.07) is 9.95. The number of rotatable bonds is 6. The Morgan fingerprint density at radius 3 is 2.77 bits per heavy atom. The highest BCUT2D eigenvalue weighted by molar-refractivity contribution is 8.18. The van der Waals surface area contributed by atoms with Crippen molar-refractivity contribution in [2.45, 2.75) is 6.92 Å². The van der Waals surface area contributed by atoms with Gasteiger partial charge in [0.2, 0.25) is 12.7 Å². The van der Waals surface area contributed by atoms with E-state index in [1.165, 1.54) is 0 Å². The minimum Gasteiger partial charge on any atom is -0.493 e. The summed E-state index contributed by atoms with van der Waals surface area (Å²) in [5.74, 6) is 0.499. The Bertz CT molecular complexity index is 1100. The van der Waals surface area contributed by atoms with Gasteiger partial charge in [-0.05, 0) is 49.0 Å². The highest BCUT2D eigenvalue weighted by atomic mass is 35.5. The van der Waals surface area contributed by atoms with E-state index in [4.69, 9.17) is 25.8 Å². The zero-order valence-corrected chi connectivity index (χ0v) is 17.9. The summed E-state index contributed by atoms with van der Waals surface area (Å²) in [5.41, 5.74) is 1.04. The van der Waals surface area contributed by atoms with Crippen LogP contribution in [0.3, 0.4) is 0 Å². The molecule has 160 valence electrons. The Labute approximate surface area is 187 Å². The third-order valence-electron chi connectivity index (χ3n) is 4.38. The van der Waals surface area contributed by atoms with Crippen molar-refractivity contribution >= 4 is 52.2 Å². The van der Waals surface area contributed by atoms with Gasteiger partial charge in [-0.2, -0.15) is 0 Å². The summed E-state index contributed by atoms with van der Waals surface area (Å²) in [5, 5.41) is 2.55. The van der Waals surface area contributed by atoms with E-state index in [1.54, 1.807) is 42.5 Å². The van der Waals surface area contributed by atoms with Crippen LogP contribution in [0.4, 0.5) is 10.5 Å². The number of thioether (sulfide) groups is 1. The molecule has 2 aliphatic heterocycles. The second-order valence-electron chi connectivity index (χ2n) is 6.50. The van der Waals surface area contributed by atoms with Crippen LogP contribution in [0.5, 0.6) is 17.2 Å². The van der Waals surface area contributed by atoms with Gasteiger partial charge in [0, 0.05) is 22.3 Å². The molecule has 1 N–H and O–H groups in total. The first-order valence-electron chi connectivity index (χ1n) is 9.32. The van der Waals surface area contributed by atoms with Gasteiger partial charge < -0.3 is 19.5 Å². The van der Waals surface area contributed by atoms with E-state index in [9.17, 15) is 14.4 Å². The summed E-state index contributed by atoms with van der Waals surface area (Å²) < 4.78 is 16.4. The molecule has 1 saturated heterocycles. The van der Waals surface area contributed by atoms with Crippen LogP contribution in [-0.4, -0.2) is 41.9 Å². The van der Waals surface area contributed by atoms with Gasteiger partial charge >= 0.3 is 0 Å². The van der Waals surface area contributed by atoms with Crippen molar-refractivity contribution in [2.75, 3.05) is 25.3 Å². The monoisotopic (exact) mass is 460 g/mol. The number of hydrogen-bond donors (Lipinski definition) is 1. The van der Waals surface area contributed by atoms with Crippen LogP contribution in [0.1, 0.15) is 12.5 Å². The molecular weight excluding hydrogens is 444 g/mol. The number of anilines is 1. The number of halogens is 1. The number of hydrogen-bond acceptors (Lipinski definition) is 7. The third kappa shape index (κ3) is 4.62. The van der Waals surface area contributed by atoms with Crippen molar-refractivity contribution in [3.05, 3.63) is 51.9 Å². The molecule has 31 heavy (non-hydrogen) atoms. The SMILES string of the molecule is CCOc1cc2c(cc1/C=C1/SC(=O)N(CC(=O)Nc3cccc(Cl)c3)C1=O)OCO2. The molecule has 0 atom stereocenters.